The van der Waals surface area contributed by atoms with Crippen molar-refractivity contribution < 1.29 is 27.9 Å². The maximum Gasteiger partial charge on any atom is 0.268 e. The van der Waals surface area contributed by atoms with Crippen LogP contribution in [0, 0.1) is 23.7 Å². The van der Waals surface area contributed by atoms with Crippen LogP contribution in [-0.2, 0) is 37.4 Å². The second-order valence-electron chi connectivity index (χ2n) is 14.0. The molecule has 2 unspecified atom stereocenters. The quantitative estimate of drug-likeness (QED) is 0.0891. The molecule has 13 nitrogen and oxygen atoms in total. The number of aromatic amines is 1. The number of nitrogens with zero attached hydrogens (tertiary/aromatic N) is 2. The Labute approximate surface area is 308 Å². The molecule has 0 radical (unpaired) electrons. The Kier molecular flexibility index (Phi) is 16.5. The third-order valence-corrected chi connectivity index (χ3v) is 10.2. The molecule has 0 aliphatic heterocycles. The summed E-state index contributed by atoms with van der Waals surface area (Å²) >= 11 is 0. The minimum Gasteiger partial charge on any atom is -0.391 e. The minimum absolute atomic E-state index is 0.00759. The summed E-state index contributed by atoms with van der Waals surface area (Å²) in [5.41, 5.74) is 1.67. The summed E-state index contributed by atoms with van der Waals surface area (Å²) in [6.07, 6.45) is 5.90. The van der Waals surface area contributed by atoms with E-state index in [2.05, 4.69) is 35.6 Å². The molecule has 0 aliphatic rings. The zero-order chi connectivity index (χ0) is 38.3. The van der Waals surface area contributed by atoms with Gasteiger partial charge in [0.15, 0.2) is 0 Å². The molecule has 284 valence electrons. The standard InChI is InChI=1S/C38H55N7O6S/c1-7-27(6)35(38(49)41-23-29-15-11-12-17-40-29)44-36(47)31(26(4)5)21-34(46)32(19-25(2)3)43-37(48)33(20-30-22-39-24-42-30)45-52(50,51)18-16-28-13-9-8-10-14-28/h8-15,17,20,22,24-27,31-32,34-35,45-46H,7,16,18-19,21,23H2,1-6H3,(H,39,42)(H,41,49)(H,43,48)(H,44,47)/t27?,31-,32+,34-,35?/m1/s1. The molecule has 5 atom stereocenters. The Morgan fingerprint density at radius 3 is 2.25 bits per heavy atom. The highest BCUT2D eigenvalue weighted by molar-refractivity contribution is 7.89. The first-order valence-corrected chi connectivity index (χ1v) is 19.6. The second kappa shape index (κ2) is 20.5. The number of hydrogen-bond acceptors (Lipinski definition) is 8. The Balaban J connectivity index is 1.77. The molecule has 3 aromatic rings. The van der Waals surface area contributed by atoms with Gasteiger partial charge in [-0.25, -0.2) is 13.4 Å². The third kappa shape index (κ3) is 13.9. The molecule has 0 bridgehead atoms. The molecule has 0 saturated carbocycles. The van der Waals surface area contributed by atoms with Gasteiger partial charge in [-0.15, -0.1) is 0 Å². The fourth-order valence-corrected chi connectivity index (χ4v) is 6.78. The Morgan fingerprint density at radius 2 is 1.65 bits per heavy atom. The summed E-state index contributed by atoms with van der Waals surface area (Å²) in [4.78, 5) is 51.9. The molecular weight excluding hydrogens is 683 g/mol. The van der Waals surface area contributed by atoms with Crippen molar-refractivity contribution in [3.63, 3.8) is 0 Å². The third-order valence-electron chi connectivity index (χ3n) is 8.94. The number of hydrogen-bond donors (Lipinski definition) is 6. The molecule has 1 aromatic carbocycles. The average Bonchev–Trinajstić information content (AvgIpc) is 3.63. The van der Waals surface area contributed by atoms with Gasteiger partial charge in [0, 0.05) is 12.1 Å². The first-order valence-electron chi connectivity index (χ1n) is 17.9. The summed E-state index contributed by atoms with van der Waals surface area (Å²) in [6, 6.07) is 12.9. The van der Waals surface area contributed by atoms with Crippen molar-refractivity contribution >= 4 is 33.8 Å². The van der Waals surface area contributed by atoms with Crippen molar-refractivity contribution in [1.82, 2.24) is 35.6 Å². The molecule has 2 aromatic heterocycles. The van der Waals surface area contributed by atoms with Crippen molar-refractivity contribution in [1.29, 1.82) is 0 Å². The zero-order valence-electron chi connectivity index (χ0n) is 31.0. The molecule has 0 spiro atoms. The van der Waals surface area contributed by atoms with E-state index in [1.165, 1.54) is 18.6 Å². The number of aryl methyl sites for hydroxylation is 1. The number of carbonyl (C=O) groups excluding carboxylic acids is 3. The summed E-state index contributed by atoms with van der Waals surface area (Å²) in [7, 11) is -3.96. The number of pyridine rings is 1. The van der Waals surface area contributed by atoms with E-state index < -0.39 is 40.0 Å². The molecule has 0 fully saturated rings. The van der Waals surface area contributed by atoms with Gasteiger partial charge in [-0.1, -0.05) is 84.4 Å². The van der Waals surface area contributed by atoms with E-state index in [0.717, 1.165) is 5.56 Å². The van der Waals surface area contributed by atoms with Crippen molar-refractivity contribution in [2.45, 2.75) is 92.0 Å². The Hall–Kier alpha value is -4.56. The number of aliphatic hydroxyl groups is 1. The van der Waals surface area contributed by atoms with Crippen molar-refractivity contribution in [2.24, 2.45) is 23.7 Å². The predicted octanol–water partition coefficient (Wildman–Crippen LogP) is 3.71. The molecule has 3 rings (SSSR count). The smallest absolute Gasteiger partial charge is 0.268 e. The molecule has 0 saturated heterocycles. The second-order valence-corrected chi connectivity index (χ2v) is 15.8. The number of carbonyl (C=O) groups is 3. The Bertz CT molecular complexity index is 1680. The minimum atomic E-state index is -3.96. The van der Waals surface area contributed by atoms with E-state index in [-0.39, 0.29) is 60.4 Å². The monoisotopic (exact) mass is 737 g/mol. The van der Waals surface area contributed by atoms with Gasteiger partial charge in [0.1, 0.15) is 11.7 Å². The van der Waals surface area contributed by atoms with Gasteiger partial charge < -0.3 is 26.0 Å². The summed E-state index contributed by atoms with van der Waals surface area (Å²) < 4.78 is 28.8. The first-order chi connectivity index (χ1) is 24.7. The van der Waals surface area contributed by atoms with Crippen LogP contribution in [0.1, 0.15) is 77.8 Å². The first kappa shape index (κ1) is 41.9. The highest BCUT2D eigenvalue weighted by Gasteiger charge is 2.34. The van der Waals surface area contributed by atoms with Gasteiger partial charge in [-0.2, -0.15) is 0 Å². The van der Waals surface area contributed by atoms with E-state index in [0.29, 0.717) is 24.2 Å². The lowest BCUT2D eigenvalue weighted by atomic mass is 9.85. The highest BCUT2D eigenvalue weighted by Crippen LogP contribution is 2.23. The normalized spacial score (nSPS) is 15.0. The van der Waals surface area contributed by atoms with Crippen LogP contribution in [0.2, 0.25) is 0 Å². The van der Waals surface area contributed by atoms with Gasteiger partial charge in [-0.05, 0) is 60.8 Å². The van der Waals surface area contributed by atoms with E-state index in [1.807, 2.05) is 77.9 Å². The number of aliphatic hydroxyl groups excluding tert-OH is 1. The number of sulfonamides is 1. The Morgan fingerprint density at radius 1 is 0.942 bits per heavy atom. The van der Waals surface area contributed by atoms with Crippen molar-refractivity contribution in [2.75, 3.05) is 5.75 Å². The van der Waals surface area contributed by atoms with E-state index in [4.69, 9.17) is 0 Å². The van der Waals surface area contributed by atoms with Crippen LogP contribution in [0.3, 0.4) is 0 Å². The van der Waals surface area contributed by atoms with E-state index >= 15 is 0 Å². The van der Waals surface area contributed by atoms with Gasteiger partial charge in [0.2, 0.25) is 21.8 Å². The van der Waals surface area contributed by atoms with Crippen LogP contribution in [-0.4, -0.2) is 70.1 Å². The molecule has 0 aliphatic carbocycles. The van der Waals surface area contributed by atoms with Gasteiger partial charge >= 0.3 is 0 Å². The molecule has 14 heteroatoms. The van der Waals surface area contributed by atoms with Crippen LogP contribution >= 0.6 is 0 Å². The molecule has 52 heavy (non-hydrogen) atoms. The maximum absolute atomic E-state index is 13.8. The molecule has 6 N–H and O–H groups in total. The fraction of sp³-hybridized carbons (Fsp3) is 0.500. The number of benzene rings is 1. The lowest BCUT2D eigenvalue weighted by Crippen LogP contribution is -2.53. The zero-order valence-corrected chi connectivity index (χ0v) is 31.8. The largest absolute Gasteiger partial charge is 0.391 e. The van der Waals surface area contributed by atoms with E-state index in [9.17, 15) is 27.9 Å². The van der Waals surface area contributed by atoms with Crippen molar-refractivity contribution in [3.05, 3.63) is 89.9 Å². The van der Waals surface area contributed by atoms with Gasteiger partial charge in [0.05, 0.1) is 48.4 Å². The lowest BCUT2D eigenvalue weighted by molar-refractivity contribution is -0.134. The SMILES string of the molecule is CCC(C)C(NC(=O)[C@H](C[C@@H](O)[C@H](CC(C)C)NC(=O)C(=Cc1cnc[nH]1)NS(=O)(=O)CCc1ccccc1)C(C)C)C(=O)NCc1ccccn1. The number of amides is 3. The molecule has 2 heterocycles. The summed E-state index contributed by atoms with van der Waals surface area (Å²) in [6.45, 7) is 11.6. The fourth-order valence-electron chi connectivity index (χ4n) is 5.68. The number of imidazole rings is 1. The molecule has 3 amide bonds. The van der Waals surface area contributed by atoms with Gasteiger partial charge in [0.25, 0.3) is 5.91 Å². The number of aromatic nitrogens is 3. The van der Waals surface area contributed by atoms with Crippen molar-refractivity contribution in [3.8, 4) is 0 Å². The van der Waals surface area contributed by atoms with Crippen LogP contribution in [0.25, 0.3) is 6.08 Å². The highest BCUT2D eigenvalue weighted by atomic mass is 32.2. The van der Waals surface area contributed by atoms with E-state index in [1.54, 1.807) is 18.3 Å². The topological polar surface area (TPSA) is 195 Å². The number of H-pyrrole nitrogens is 1. The van der Waals surface area contributed by atoms with Crippen LogP contribution < -0.4 is 20.7 Å². The van der Waals surface area contributed by atoms with Crippen LogP contribution in [0.5, 0.6) is 0 Å². The average molecular weight is 738 g/mol. The number of rotatable bonds is 21. The maximum atomic E-state index is 13.8. The molecular formula is C38H55N7O6S. The summed E-state index contributed by atoms with van der Waals surface area (Å²) in [5, 5.41) is 20.3. The lowest BCUT2D eigenvalue weighted by Gasteiger charge is -2.31. The van der Waals surface area contributed by atoms with Gasteiger partial charge in [-0.3, -0.25) is 24.1 Å². The van der Waals surface area contributed by atoms with Crippen LogP contribution in [0.15, 0.2) is 72.9 Å². The predicted molar refractivity (Wildman–Crippen MR) is 201 cm³/mol. The number of nitrogens with one attached hydrogen (secondary N) is 5. The summed E-state index contributed by atoms with van der Waals surface area (Å²) in [5.74, 6) is -2.76. The van der Waals surface area contributed by atoms with Crippen LogP contribution in [0.4, 0.5) is 0 Å².